The Labute approximate surface area is 185 Å². The van der Waals surface area contributed by atoms with E-state index in [0.29, 0.717) is 25.1 Å². The van der Waals surface area contributed by atoms with Gasteiger partial charge in [-0.25, -0.2) is 0 Å². The Hall–Kier alpha value is -3.25. The van der Waals surface area contributed by atoms with Crippen LogP contribution in [0.3, 0.4) is 0 Å². The van der Waals surface area contributed by atoms with Crippen LogP contribution in [0.15, 0.2) is 76.5 Å². The molecule has 0 radical (unpaired) electrons. The Morgan fingerprint density at radius 1 is 0.871 bits per heavy atom. The molecule has 2 aliphatic heterocycles. The molecule has 156 valence electrons. The topological polar surface area (TPSA) is 66.6 Å². The van der Waals surface area contributed by atoms with E-state index in [1.54, 1.807) is 23.9 Å². The summed E-state index contributed by atoms with van der Waals surface area (Å²) in [5, 5.41) is 0. The summed E-state index contributed by atoms with van der Waals surface area (Å²) < 4.78 is 0. The Kier molecular flexibility index (Phi) is 5.16. The summed E-state index contributed by atoms with van der Waals surface area (Å²) in [5.41, 5.74) is 10.1. The van der Waals surface area contributed by atoms with E-state index in [-0.39, 0.29) is 5.91 Å². The van der Waals surface area contributed by atoms with Crippen molar-refractivity contribution >= 4 is 40.6 Å². The fourth-order valence-corrected chi connectivity index (χ4v) is 5.57. The van der Waals surface area contributed by atoms with Crippen LogP contribution in [0.2, 0.25) is 0 Å². The summed E-state index contributed by atoms with van der Waals surface area (Å²) in [6, 6.07) is 22.1. The number of benzene rings is 3. The van der Waals surface area contributed by atoms with Crippen molar-refractivity contribution < 1.29 is 9.59 Å². The minimum absolute atomic E-state index is 0.0655. The number of amides is 2. The van der Waals surface area contributed by atoms with Gasteiger partial charge >= 0.3 is 0 Å². The molecule has 3 aromatic carbocycles. The van der Waals surface area contributed by atoms with Gasteiger partial charge in [0.05, 0.1) is 11.4 Å². The number of rotatable bonds is 4. The first-order valence-electron chi connectivity index (χ1n) is 10.5. The third-order valence-corrected chi connectivity index (χ3v) is 7.03. The van der Waals surface area contributed by atoms with E-state index in [2.05, 4.69) is 29.2 Å². The van der Waals surface area contributed by atoms with Gasteiger partial charge in [0.2, 0.25) is 11.8 Å². The van der Waals surface area contributed by atoms with Gasteiger partial charge in [-0.1, -0.05) is 42.1 Å². The number of carbonyl (C=O) groups excluding carboxylic acids is 2. The van der Waals surface area contributed by atoms with Crippen LogP contribution in [0.1, 0.15) is 28.8 Å². The molecule has 31 heavy (non-hydrogen) atoms. The number of fused-ring (bicyclic) bond motifs is 3. The van der Waals surface area contributed by atoms with Crippen molar-refractivity contribution in [1.82, 2.24) is 0 Å². The highest BCUT2D eigenvalue weighted by molar-refractivity contribution is 7.99. The lowest BCUT2D eigenvalue weighted by Gasteiger charge is -2.34. The minimum atomic E-state index is -0.440. The average molecular weight is 430 g/mol. The first-order chi connectivity index (χ1) is 15.1. The number of primary amides is 1. The Morgan fingerprint density at radius 2 is 1.52 bits per heavy atom. The van der Waals surface area contributed by atoms with Gasteiger partial charge in [0.25, 0.3) is 0 Å². The zero-order chi connectivity index (χ0) is 21.4. The standard InChI is InChI=1S/C25H23N3O2S/c26-25(30)18-7-5-11-19-17(18)8-6-15-28(19)24(29)14-16-27-20-9-1-3-12-22(20)31-23-13-4-2-10-21(23)27/h1-5,7,9-13H,6,8,14-16H2,(H2,26,30). The molecule has 0 atom stereocenters. The molecule has 2 N–H and O–H groups in total. The molecule has 0 aromatic heterocycles. The van der Waals surface area contributed by atoms with E-state index in [1.807, 2.05) is 35.2 Å². The lowest BCUT2D eigenvalue weighted by Crippen LogP contribution is -2.38. The van der Waals surface area contributed by atoms with Crippen molar-refractivity contribution in [2.75, 3.05) is 22.9 Å². The first kappa shape index (κ1) is 19.7. The molecule has 0 bridgehead atoms. The van der Waals surface area contributed by atoms with Gasteiger partial charge in [-0.2, -0.15) is 0 Å². The van der Waals surface area contributed by atoms with Gasteiger partial charge in [0, 0.05) is 40.6 Å². The highest BCUT2D eigenvalue weighted by Crippen LogP contribution is 2.47. The number of nitrogens with two attached hydrogens (primary N) is 1. The monoisotopic (exact) mass is 429 g/mol. The van der Waals surface area contributed by atoms with Crippen molar-refractivity contribution in [3.63, 3.8) is 0 Å². The first-order valence-corrected chi connectivity index (χ1v) is 11.3. The normalized spacial score (nSPS) is 14.5. The fraction of sp³-hybridized carbons (Fsp3) is 0.200. The summed E-state index contributed by atoms with van der Waals surface area (Å²) in [7, 11) is 0. The maximum absolute atomic E-state index is 13.3. The smallest absolute Gasteiger partial charge is 0.249 e. The highest BCUT2D eigenvalue weighted by atomic mass is 32.2. The molecular weight excluding hydrogens is 406 g/mol. The molecule has 5 rings (SSSR count). The van der Waals surface area contributed by atoms with E-state index in [9.17, 15) is 9.59 Å². The Bertz CT molecular complexity index is 1130. The van der Waals surface area contributed by atoms with Gasteiger partial charge in [-0.05, 0) is 54.8 Å². The van der Waals surface area contributed by atoms with Crippen LogP contribution in [-0.2, 0) is 11.2 Å². The quantitative estimate of drug-likeness (QED) is 0.649. The largest absolute Gasteiger partial charge is 0.366 e. The average Bonchev–Trinajstić information content (AvgIpc) is 2.80. The van der Waals surface area contributed by atoms with Gasteiger partial charge in [0.15, 0.2) is 0 Å². The molecule has 0 fully saturated rings. The van der Waals surface area contributed by atoms with Crippen LogP contribution in [0.5, 0.6) is 0 Å². The SMILES string of the molecule is NC(=O)c1cccc2c1CCCN2C(=O)CCN1c2ccccc2Sc2ccccc21. The molecule has 2 heterocycles. The van der Waals surface area contributed by atoms with Gasteiger partial charge in [-0.3, -0.25) is 9.59 Å². The Balaban J connectivity index is 1.41. The summed E-state index contributed by atoms with van der Waals surface area (Å²) in [5.74, 6) is -0.374. The van der Waals surface area contributed by atoms with Crippen LogP contribution >= 0.6 is 11.8 Å². The second-order valence-corrected chi connectivity index (χ2v) is 8.84. The number of para-hydroxylation sites is 2. The van der Waals surface area contributed by atoms with Crippen LogP contribution in [0.4, 0.5) is 17.1 Å². The van der Waals surface area contributed by atoms with Gasteiger partial charge in [-0.15, -0.1) is 0 Å². The molecule has 2 aliphatic rings. The minimum Gasteiger partial charge on any atom is -0.366 e. The summed E-state index contributed by atoms with van der Waals surface area (Å²) in [6.45, 7) is 1.26. The van der Waals surface area contributed by atoms with Crippen molar-refractivity contribution in [2.24, 2.45) is 5.73 Å². The molecule has 0 saturated carbocycles. The lowest BCUT2D eigenvalue weighted by atomic mass is 9.95. The van der Waals surface area contributed by atoms with Crippen LogP contribution in [0, 0.1) is 0 Å². The molecule has 0 aliphatic carbocycles. The number of hydrogen-bond acceptors (Lipinski definition) is 4. The van der Waals surface area contributed by atoms with Gasteiger partial charge < -0.3 is 15.5 Å². The second kappa shape index (κ2) is 8.12. The molecule has 0 spiro atoms. The molecule has 0 saturated heterocycles. The molecule has 2 amide bonds. The lowest BCUT2D eigenvalue weighted by molar-refractivity contribution is -0.118. The van der Waals surface area contributed by atoms with Crippen LogP contribution in [0.25, 0.3) is 0 Å². The van der Waals surface area contributed by atoms with Crippen LogP contribution < -0.4 is 15.5 Å². The number of nitrogens with zero attached hydrogens (tertiary/aromatic N) is 2. The predicted octanol–water partition coefficient (Wildman–Crippen LogP) is 4.76. The number of carbonyl (C=O) groups is 2. The molecule has 0 unspecified atom stereocenters. The van der Waals surface area contributed by atoms with E-state index in [1.165, 1.54) is 9.79 Å². The third-order valence-electron chi connectivity index (χ3n) is 5.90. The summed E-state index contributed by atoms with van der Waals surface area (Å²) in [6.07, 6.45) is 1.98. The zero-order valence-electron chi connectivity index (χ0n) is 17.1. The molecule has 3 aromatic rings. The van der Waals surface area contributed by atoms with Gasteiger partial charge in [0.1, 0.15) is 0 Å². The summed E-state index contributed by atoms with van der Waals surface area (Å²) in [4.78, 5) is 31.6. The van der Waals surface area contributed by atoms with Crippen molar-refractivity contribution in [3.8, 4) is 0 Å². The number of anilines is 3. The van der Waals surface area contributed by atoms with E-state index >= 15 is 0 Å². The summed E-state index contributed by atoms with van der Waals surface area (Å²) >= 11 is 1.76. The van der Waals surface area contributed by atoms with Crippen molar-refractivity contribution in [1.29, 1.82) is 0 Å². The van der Waals surface area contributed by atoms with E-state index in [0.717, 1.165) is 35.5 Å². The van der Waals surface area contributed by atoms with Crippen LogP contribution in [-0.4, -0.2) is 24.9 Å². The van der Waals surface area contributed by atoms with E-state index < -0.39 is 5.91 Å². The molecule has 6 heteroatoms. The highest BCUT2D eigenvalue weighted by Gasteiger charge is 2.27. The molecule has 5 nitrogen and oxygen atoms in total. The molecular formula is C25H23N3O2S. The fourth-order valence-electron chi connectivity index (χ4n) is 4.48. The second-order valence-electron chi connectivity index (χ2n) is 7.76. The zero-order valence-corrected chi connectivity index (χ0v) is 17.9. The third kappa shape index (κ3) is 3.57. The maximum atomic E-state index is 13.3. The predicted molar refractivity (Wildman–Crippen MR) is 124 cm³/mol. The Morgan fingerprint density at radius 3 is 2.19 bits per heavy atom. The maximum Gasteiger partial charge on any atom is 0.249 e. The van der Waals surface area contributed by atoms with E-state index in [4.69, 9.17) is 5.73 Å². The van der Waals surface area contributed by atoms with Crippen molar-refractivity contribution in [2.45, 2.75) is 29.1 Å². The number of hydrogen-bond donors (Lipinski definition) is 1. The van der Waals surface area contributed by atoms with Crippen molar-refractivity contribution in [3.05, 3.63) is 77.9 Å².